The zero-order valence-corrected chi connectivity index (χ0v) is 28.8. The summed E-state index contributed by atoms with van der Waals surface area (Å²) >= 11 is 0. The number of aliphatic carboxylic acids is 2. The smallest absolute Gasteiger partial charge is 0.373 e. The molecule has 5 aliphatic rings. The molecular formula is C37H54O8. The largest absolute Gasteiger partial charge is 0.481 e. The number of fused-ring (bicyclic) bond motifs is 7. The van der Waals surface area contributed by atoms with Gasteiger partial charge in [0, 0.05) is 11.8 Å². The number of Topliss-reactive ketones (excluding diaryl/α,β-unsaturated/α-hetero) is 2. The van der Waals surface area contributed by atoms with E-state index >= 15 is 0 Å². The number of ketones is 2. The molecule has 0 saturated heterocycles. The molecular weight excluding hydrogens is 572 g/mol. The Morgan fingerprint density at radius 1 is 0.867 bits per heavy atom. The lowest BCUT2D eigenvalue weighted by Crippen LogP contribution is -2.66. The van der Waals surface area contributed by atoms with Crippen LogP contribution in [0.3, 0.4) is 0 Å². The quantitative estimate of drug-likeness (QED) is 0.227. The van der Waals surface area contributed by atoms with Gasteiger partial charge in [0.15, 0.2) is 5.78 Å². The van der Waals surface area contributed by atoms with Crippen LogP contribution in [-0.2, 0) is 28.7 Å². The SMILES string of the molecule is CC(C)C1=C2[C@H]3CC[C@@H]4[C@@]5(C)CC[C@H](OC(=O)CC(C)(C)C(=O)O)C(C)(C)[C@@H]5CC[C@@]4(C)[C@]3(C)CC[C@@]2(C(=O)C(=O)O)CC1=O. The molecule has 4 saturated carbocycles. The second-order valence-electron chi connectivity index (χ2n) is 17.6. The predicted octanol–water partition coefficient (Wildman–Crippen LogP) is 7.03. The molecule has 0 aromatic heterocycles. The van der Waals surface area contributed by atoms with Crippen molar-refractivity contribution in [3.63, 3.8) is 0 Å². The predicted molar refractivity (Wildman–Crippen MR) is 168 cm³/mol. The molecule has 0 aliphatic heterocycles. The van der Waals surface area contributed by atoms with E-state index < -0.39 is 34.5 Å². The second-order valence-corrected chi connectivity index (χ2v) is 17.6. The van der Waals surface area contributed by atoms with Crippen LogP contribution >= 0.6 is 0 Å². The highest BCUT2D eigenvalue weighted by molar-refractivity contribution is 6.37. The van der Waals surface area contributed by atoms with E-state index in [1.165, 1.54) is 0 Å². The highest BCUT2D eigenvalue weighted by atomic mass is 16.5. The first-order valence-electron chi connectivity index (χ1n) is 17.1. The van der Waals surface area contributed by atoms with Crippen molar-refractivity contribution in [1.29, 1.82) is 0 Å². The summed E-state index contributed by atoms with van der Waals surface area (Å²) in [6, 6.07) is 0. The standard InChI is InChI=1S/C37H54O8/c1-20(2)27-22(38)18-37(29(40)30(41)42)17-16-35(8)21(28(27)37)10-11-24-34(7)14-13-25(45-26(39)19-32(3,4)31(43)44)33(5,6)23(34)12-15-36(24,35)9/h20-21,23-25H,10-19H2,1-9H3,(H,41,42)(H,43,44)/t21-,23+,24-,25+,34+,35-,36-,37-/m1/s1. The molecule has 0 bridgehead atoms. The normalized spacial score (nSPS) is 40.6. The van der Waals surface area contributed by atoms with Crippen LogP contribution in [-0.4, -0.2) is 45.8 Å². The Kier molecular flexibility index (Phi) is 7.90. The van der Waals surface area contributed by atoms with Gasteiger partial charge in [-0.15, -0.1) is 0 Å². The molecule has 2 N–H and O–H groups in total. The molecule has 4 fully saturated rings. The number of carbonyl (C=O) groups excluding carboxylic acids is 3. The molecule has 250 valence electrons. The van der Waals surface area contributed by atoms with E-state index in [9.17, 15) is 34.2 Å². The van der Waals surface area contributed by atoms with Gasteiger partial charge in [-0.1, -0.05) is 48.5 Å². The van der Waals surface area contributed by atoms with Gasteiger partial charge in [-0.05, 0) is 116 Å². The molecule has 0 heterocycles. The topological polar surface area (TPSA) is 135 Å². The molecule has 8 atom stereocenters. The number of carboxylic acids is 2. The third kappa shape index (κ3) is 4.61. The molecule has 0 aromatic carbocycles. The van der Waals surface area contributed by atoms with Crippen LogP contribution in [0.25, 0.3) is 0 Å². The third-order valence-electron chi connectivity index (χ3n) is 14.4. The summed E-state index contributed by atoms with van der Waals surface area (Å²) in [6.07, 6.45) is 5.99. The fourth-order valence-corrected chi connectivity index (χ4v) is 11.9. The highest BCUT2D eigenvalue weighted by Gasteiger charge is 2.71. The molecule has 5 rings (SSSR count). The van der Waals surface area contributed by atoms with Gasteiger partial charge in [0.2, 0.25) is 5.78 Å². The summed E-state index contributed by atoms with van der Waals surface area (Å²) in [5, 5.41) is 19.4. The van der Waals surface area contributed by atoms with E-state index in [4.69, 9.17) is 4.74 Å². The lowest BCUT2D eigenvalue weighted by atomic mass is 9.33. The fourth-order valence-electron chi connectivity index (χ4n) is 11.9. The summed E-state index contributed by atoms with van der Waals surface area (Å²) in [6.45, 7) is 18.7. The fraction of sp³-hybridized carbons (Fsp3) is 0.811. The molecule has 8 nitrogen and oxygen atoms in total. The number of carboxylic acid groups (broad SMARTS) is 2. The minimum Gasteiger partial charge on any atom is -0.481 e. The summed E-state index contributed by atoms with van der Waals surface area (Å²) in [5.74, 6) is -3.17. The molecule has 8 heteroatoms. The number of ether oxygens (including phenoxy) is 1. The van der Waals surface area contributed by atoms with Gasteiger partial charge in [0.25, 0.3) is 0 Å². The van der Waals surface area contributed by atoms with Gasteiger partial charge in [0.1, 0.15) is 6.10 Å². The molecule has 0 aromatic rings. The van der Waals surface area contributed by atoms with Gasteiger partial charge in [-0.25, -0.2) is 4.79 Å². The van der Waals surface area contributed by atoms with Gasteiger partial charge in [-0.2, -0.15) is 0 Å². The maximum atomic E-state index is 13.5. The van der Waals surface area contributed by atoms with Crippen LogP contribution in [0, 0.1) is 56.2 Å². The van der Waals surface area contributed by atoms with Crippen molar-refractivity contribution < 1.29 is 38.9 Å². The molecule has 0 unspecified atom stereocenters. The van der Waals surface area contributed by atoms with E-state index in [2.05, 4.69) is 34.6 Å². The van der Waals surface area contributed by atoms with Crippen molar-refractivity contribution in [2.24, 2.45) is 56.2 Å². The van der Waals surface area contributed by atoms with E-state index in [1.54, 1.807) is 13.8 Å². The van der Waals surface area contributed by atoms with Crippen LogP contribution in [0.15, 0.2) is 11.1 Å². The lowest BCUT2D eigenvalue weighted by molar-refractivity contribution is -0.233. The Hall–Kier alpha value is -2.51. The van der Waals surface area contributed by atoms with E-state index in [-0.39, 0.29) is 58.2 Å². The number of allylic oxidation sites excluding steroid dienone is 2. The van der Waals surface area contributed by atoms with Crippen LogP contribution < -0.4 is 0 Å². The number of rotatable bonds is 7. The summed E-state index contributed by atoms with van der Waals surface area (Å²) in [7, 11) is 0. The second kappa shape index (κ2) is 10.5. The number of esters is 1. The summed E-state index contributed by atoms with van der Waals surface area (Å²) in [4.78, 5) is 63.7. The molecule has 0 spiro atoms. The van der Waals surface area contributed by atoms with Crippen molar-refractivity contribution in [3.8, 4) is 0 Å². The van der Waals surface area contributed by atoms with Crippen molar-refractivity contribution in [2.45, 2.75) is 133 Å². The van der Waals surface area contributed by atoms with Crippen molar-refractivity contribution >= 4 is 29.5 Å². The average Bonchev–Trinajstić information content (AvgIpc) is 3.23. The lowest BCUT2D eigenvalue weighted by Gasteiger charge is -2.72. The monoisotopic (exact) mass is 626 g/mol. The highest BCUT2D eigenvalue weighted by Crippen LogP contribution is 2.76. The maximum absolute atomic E-state index is 13.5. The first kappa shape index (κ1) is 33.8. The van der Waals surface area contributed by atoms with Gasteiger partial charge < -0.3 is 14.9 Å². The Balaban J connectivity index is 1.48. The average molecular weight is 627 g/mol. The van der Waals surface area contributed by atoms with E-state index in [0.29, 0.717) is 23.8 Å². The van der Waals surface area contributed by atoms with Crippen molar-refractivity contribution in [1.82, 2.24) is 0 Å². The van der Waals surface area contributed by atoms with E-state index in [0.717, 1.165) is 50.5 Å². The molecule has 0 amide bonds. The van der Waals surface area contributed by atoms with Gasteiger partial charge in [-0.3, -0.25) is 19.2 Å². The zero-order valence-electron chi connectivity index (χ0n) is 28.8. The minimum absolute atomic E-state index is 0.00849. The van der Waals surface area contributed by atoms with Gasteiger partial charge in [0.05, 0.1) is 17.3 Å². The van der Waals surface area contributed by atoms with Crippen LogP contribution in [0.4, 0.5) is 0 Å². The summed E-state index contributed by atoms with van der Waals surface area (Å²) in [5.41, 5.74) is -1.42. The molecule has 5 aliphatic carbocycles. The van der Waals surface area contributed by atoms with E-state index in [1.807, 2.05) is 13.8 Å². The van der Waals surface area contributed by atoms with Crippen molar-refractivity contribution in [2.75, 3.05) is 0 Å². The zero-order chi connectivity index (χ0) is 33.7. The molecule has 45 heavy (non-hydrogen) atoms. The number of hydrogen-bond acceptors (Lipinski definition) is 6. The Labute approximate surface area is 268 Å². The molecule has 0 radical (unpaired) electrons. The third-order valence-corrected chi connectivity index (χ3v) is 14.4. The Bertz CT molecular complexity index is 1370. The maximum Gasteiger partial charge on any atom is 0.373 e. The van der Waals surface area contributed by atoms with Crippen molar-refractivity contribution in [3.05, 3.63) is 11.1 Å². The Morgan fingerprint density at radius 2 is 1.51 bits per heavy atom. The summed E-state index contributed by atoms with van der Waals surface area (Å²) < 4.78 is 6.08. The number of carbonyl (C=O) groups is 5. The minimum atomic E-state index is -1.44. The first-order valence-corrected chi connectivity index (χ1v) is 17.1. The van der Waals surface area contributed by atoms with Gasteiger partial charge >= 0.3 is 17.9 Å². The number of hydrogen-bond donors (Lipinski definition) is 2. The first-order chi connectivity index (χ1) is 20.6. The Morgan fingerprint density at radius 3 is 2.09 bits per heavy atom. The van der Waals surface area contributed by atoms with Crippen LogP contribution in [0.2, 0.25) is 0 Å². The van der Waals surface area contributed by atoms with Crippen LogP contribution in [0.1, 0.15) is 127 Å². The van der Waals surface area contributed by atoms with Crippen LogP contribution in [0.5, 0.6) is 0 Å².